The van der Waals surface area contributed by atoms with E-state index in [0.29, 0.717) is 34.9 Å². The van der Waals surface area contributed by atoms with Gasteiger partial charge >= 0.3 is 0 Å². The number of hydrogen-bond acceptors (Lipinski definition) is 7. The van der Waals surface area contributed by atoms with Crippen LogP contribution < -0.4 is 34.6 Å². The highest BCUT2D eigenvalue weighted by Gasteiger charge is 2.24. The average Bonchev–Trinajstić information content (AvgIpc) is 2.99. The molecule has 9 heteroatoms. The highest BCUT2D eigenvalue weighted by atomic mass is 16.5. The molecule has 1 aliphatic rings. The van der Waals surface area contributed by atoms with Crippen LogP contribution in [0.5, 0.6) is 17.2 Å². The minimum Gasteiger partial charge on any atom is -0.497 e. The SMILES string of the molecule is CCCNC(=O)c1cc(NC(=O)c2cc(OC)cc(OC)c2)ccc1N1CCN(c2ccccc2OC)CC1. The summed E-state index contributed by atoms with van der Waals surface area (Å²) in [5, 5.41) is 5.89. The minimum atomic E-state index is -0.328. The van der Waals surface area contributed by atoms with Crippen LogP contribution in [-0.2, 0) is 0 Å². The van der Waals surface area contributed by atoms with Crippen molar-refractivity contribution in [2.45, 2.75) is 13.3 Å². The molecule has 206 valence electrons. The molecule has 9 nitrogen and oxygen atoms in total. The van der Waals surface area contributed by atoms with Gasteiger partial charge in [-0.25, -0.2) is 0 Å². The number of rotatable bonds is 10. The van der Waals surface area contributed by atoms with Gasteiger partial charge in [0.1, 0.15) is 17.2 Å². The van der Waals surface area contributed by atoms with Crippen LogP contribution in [-0.4, -0.2) is 65.9 Å². The van der Waals surface area contributed by atoms with Crippen molar-refractivity contribution >= 4 is 28.9 Å². The highest BCUT2D eigenvalue weighted by Crippen LogP contribution is 2.31. The topological polar surface area (TPSA) is 92.4 Å². The molecule has 0 radical (unpaired) electrons. The lowest BCUT2D eigenvalue weighted by Crippen LogP contribution is -2.47. The van der Waals surface area contributed by atoms with Crippen molar-refractivity contribution in [3.63, 3.8) is 0 Å². The molecule has 4 rings (SSSR count). The van der Waals surface area contributed by atoms with Crippen molar-refractivity contribution in [1.29, 1.82) is 0 Å². The Labute approximate surface area is 229 Å². The molecule has 3 aromatic rings. The number of amides is 2. The Morgan fingerprint density at radius 3 is 2.03 bits per heavy atom. The van der Waals surface area contributed by atoms with Crippen molar-refractivity contribution in [2.75, 3.05) is 69.2 Å². The molecule has 2 amide bonds. The first-order valence-electron chi connectivity index (χ1n) is 13.1. The van der Waals surface area contributed by atoms with Crippen LogP contribution in [0, 0.1) is 0 Å². The van der Waals surface area contributed by atoms with E-state index in [-0.39, 0.29) is 11.8 Å². The maximum atomic E-state index is 13.2. The third-order valence-electron chi connectivity index (χ3n) is 6.69. The fraction of sp³-hybridized carbons (Fsp3) is 0.333. The van der Waals surface area contributed by atoms with Crippen LogP contribution in [0.3, 0.4) is 0 Å². The molecule has 0 bridgehead atoms. The summed E-state index contributed by atoms with van der Waals surface area (Å²) in [5.41, 5.74) is 3.34. The largest absolute Gasteiger partial charge is 0.497 e. The number of carbonyl (C=O) groups is 2. The third kappa shape index (κ3) is 6.54. The number of nitrogens with one attached hydrogen (secondary N) is 2. The maximum absolute atomic E-state index is 13.2. The van der Waals surface area contributed by atoms with E-state index in [1.54, 1.807) is 31.4 Å². The smallest absolute Gasteiger partial charge is 0.255 e. The van der Waals surface area contributed by atoms with Gasteiger partial charge in [0, 0.05) is 55.7 Å². The summed E-state index contributed by atoms with van der Waals surface area (Å²) >= 11 is 0. The molecule has 1 fully saturated rings. The Balaban J connectivity index is 1.55. The number of ether oxygens (including phenoxy) is 3. The van der Waals surface area contributed by atoms with Gasteiger partial charge in [-0.05, 0) is 48.9 Å². The molecule has 0 unspecified atom stereocenters. The molecule has 0 saturated carbocycles. The second-order valence-electron chi connectivity index (χ2n) is 9.19. The van der Waals surface area contributed by atoms with Crippen molar-refractivity contribution in [3.05, 3.63) is 71.8 Å². The minimum absolute atomic E-state index is 0.168. The van der Waals surface area contributed by atoms with E-state index in [0.717, 1.165) is 49.7 Å². The fourth-order valence-electron chi connectivity index (χ4n) is 4.63. The molecule has 1 saturated heterocycles. The van der Waals surface area contributed by atoms with Crippen LogP contribution >= 0.6 is 0 Å². The molecule has 3 aromatic carbocycles. The van der Waals surface area contributed by atoms with E-state index >= 15 is 0 Å². The molecule has 1 aliphatic heterocycles. The second-order valence-corrected chi connectivity index (χ2v) is 9.19. The summed E-state index contributed by atoms with van der Waals surface area (Å²) in [4.78, 5) is 30.8. The Kier molecular flexibility index (Phi) is 9.14. The van der Waals surface area contributed by atoms with Crippen LogP contribution in [0.4, 0.5) is 17.1 Å². The molecule has 0 aromatic heterocycles. The molecule has 2 N–H and O–H groups in total. The van der Waals surface area contributed by atoms with Gasteiger partial charge in [-0.1, -0.05) is 19.1 Å². The molecule has 39 heavy (non-hydrogen) atoms. The summed E-state index contributed by atoms with van der Waals surface area (Å²) in [7, 11) is 4.75. The normalized spacial score (nSPS) is 13.0. The quantitative estimate of drug-likeness (QED) is 0.399. The zero-order chi connectivity index (χ0) is 27.8. The van der Waals surface area contributed by atoms with E-state index in [4.69, 9.17) is 14.2 Å². The summed E-state index contributed by atoms with van der Waals surface area (Å²) in [6, 6.07) is 18.5. The molecule has 0 atom stereocenters. The second kappa shape index (κ2) is 12.9. The number of para-hydroxylation sites is 2. The Morgan fingerprint density at radius 1 is 0.769 bits per heavy atom. The number of hydrogen-bond donors (Lipinski definition) is 2. The van der Waals surface area contributed by atoms with Gasteiger partial charge in [-0.3, -0.25) is 9.59 Å². The van der Waals surface area contributed by atoms with Crippen LogP contribution in [0.25, 0.3) is 0 Å². The zero-order valence-corrected chi connectivity index (χ0v) is 23.0. The Morgan fingerprint density at radius 2 is 1.41 bits per heavy atom. The first kappa shape index (κ1) is 27.6. The number of carbonyl (C=O) groups excluding carboxylic acids is 2. The van der Waals surface area contributed by atoms with Gasteiger partial charge < -0.3 is 34.6 Å². The molecule has 0 aliphatic carbocycles. The van der Waals surface area contributed by atoms with Gasteiger partial charge in [0.15, 0.2) is 0 Å². The number of nitrogens with zero attached hydrogens (tertiary/aromatic N) is 2. The van der Waals surface area contributed by atoms with Gasteiger partial charge in [0.25, 0.3) is 11.8 Å². The van der Waals surface area contributed by atoms with Gasteiger partial charge in [-0.15, -0.1) is 0 Å². The average molecular weight is 533 g/mol. The summed E-state index contributed by atoms with van der Waals surface area (Å²) < 4.78 is 16.1. The van der Waals surface area contributed by atoms with Gasteiger partial charge in [0.05, 0.1) is 32.6 Å². The molecule has 0 spiro atoms. The van der Waals surface area contributed by atoms with E-state index in [9.17, 15) is 9.59 Å². The van der Waals surface area contributed by atoms with Crippen molar-refractivity contribution < 1.29 is 23.8 Å². The summed E-state index contributed by atoms with van der Waals surface area (Å²) in [5.74, 6) is 1.38. The Bertz CT molecular complexity index is 1280. The number of piperazine rings is 1. The van der Waals surface area contributed by atoms with Crippen LogP contribution in [0.15, 0.2) is 60.7 Å². The predicted octanol–water partition coefficient (Wildman–Crippen LogP) is 4.43. The lowest BCUT2D eigenvalue weighted by atomic mass is 10.1. The van der Waals surface area contributed by atoms with Crippen molar-refractivity contribution in [2.24, 2.45) is 0 Å². The lowest BCUT2D eigenvalue weighted by molar-refractivity contribution is 0.0952. The fourth-order valence-corrected chi connectivity index (χ4v) is 4.63. The maximum Gasteiger partial charge on any atom is 0.255 e. The van der Waals surface area contributed by atoms with Crippen LogP contribution in [0.1, 0.15) is 34.1 Å². The number of benzene rings is 3. The van der Waals surface area contributed by atoms with E-state index in [1.165, 1.54) is 14.2 Å². The first-order valence-corrected chi connectivity index (χ1v) is 13.1. The third-order valence-corrected chi connectivity index (χ3v) is 6.69. The van der Waals surface area contributed by atoms with Crippen molar-refractivity contribution in [3.8, 4) is 17.2 Å². The molecular formula is C30H36N4O5. The van der Waals surface area contributed by atoms with Crippen LogP contribution in [0.2, 0.25) is 0 Å². The van der Waals surface area contributed by atoms with Gasteiger partial charge in [-0.2, -0.15) is 0 Å². The predicted molar refractivity (Wildman–Crippen MR) is 154 cm³/mol. The summed E-state index contributed by atoms with van der Waals surface area (Å²) in [6.45, 7) is 5.62. The van der Waals surface area contributed by atoms with E-state index < -0.39 is 0 Å². The molecular weight excluding hydrogens is 496 g/mol. The Hall–Kier alpha value is -4.40. The number of methoxy groups -OCH3 is 3. The van der Waals surface area contributed by atoms with E-state index in [1.807, 2.05) is 37.3 Å². The summed E-state index contributed by atoms with van der Waals surface area (Å²) in [6.07, 6.45) is 0.826. The molecule has 1 heterocycles. The van der Waals surface area contributed by atoms with Crippen molar-refractivity contribution in [1.82, 2.24) is 5.32 Å². The van der Waals surface area contributed by atoms with Gasteiger partial charge in [0.2, 0.25) is 0 Å². The zero-order valence-electron chi connectivity index (χ0n) is 23.0. The monoisotopic (exact) mass is 532 g/mol. The first-order chi connectivity index (χ1) is 19.0. The lowest BCUT2D eigenvalue weighted by Gasteiger charge is -2.38. The highest BCUT2D eigenvalue weighted by molar-refractivity contribution is 6.06. The van der Waals surface area contributed by atoms with E-state index in [2.05, 4.69) is 26.5 Å². The standard InChI is InChI=1S/C30H36N4O5/c1-5-12-31-30(36)25-19-22(32-29(35)21-17-23(37-2)20-24(18-21)38-3)10-11-26(25)33-13-15-34(16-14-33)27-8-6-7-9-28(27)39-4/h6-11,17-20H,5,12-16H2,1-4H3,(H,31,36)(H,32,35). The number of anilines is 3.